The Bertz CT molecular complexity index is 859. The van der Waals surface area contributed by atoms with Crippen LogP contribution in [0.3, 0.4) is 0 Å². The second kappa shape index (κ2) is 8.71. The van der Waals surface area contributed by atoms with Crippen molar-refractivity contribution in [2.45, 2.75) is 19.8 Å². The van der Waals surface area contributed by atoms with Crippen LogP contribution in [0.15, 0.2) is 42.5 Å². The SMILES string of the molecule is COc1ccc2cc(/C=C/C(=O)OCC(=O)N3CCC[C@H](C)C3)ccc2c1. The number of methoxy groups -OCH3 is 1. The second-order valence-electron chi connectivity index (χ2n) is 7.00. The van der Waals surface area contributed by atoms with Gasteiger partial charge < -0.3 is 14.4 Å². The molecule has 142 valence electrons. The third-order valence-corrected chi connectivity index (χ3v) is 4.83. The number of fused-ring (bicyclic) bond motifs is 1. The summed E-state index contributed by atoms with van der Waals surface area (Å²) in [6.07, 6.45) is 5.20. The highest BCUT2D eigenvalue weighted by Gasteiger charge is 2.21. The lowest BCUT2D eigenvalue weighted by Gasteiger charge is -2.30. The van der Waals surface area contributed by atoms with Crippen molar-refractivity contribution in [3.05, 3.63) is 48.0 Å². The average molecular weight is 367 g/mol. The summed E-state index contributed by atoms with van der Waals surface area (Å²) in [5.41, 5.74) is 0.890. The number of ether oxygens (including phenoxy) is 2. The molecule has 1 atom stereocenters. The Kier molecular flexibility index (Phi) is 6.12. The van der Waals surface area contributed by atoms with Crippen molar-refractivity contribution in [1.82, 2.24) is 4.90 Å². The van der Waals surface area contributed by atoms with E-state index in [2.05, 4.69) is 6.92 Å². The minimum Gasteiger partial charge on any atom is -0.497 e. The lowest BCUT2D eigenvalue weighted by Crippen LogP contribution is -2.41. The van der Waals surface area contributed by atoms with E-state index in [4.69, 9.17) is 9.47 Å². The van der Waals surface area contributed by atoms with Gasteiger partial charge in [0.05, 0.1) is 7.11 Å². The molecule has 0 unspecified atom stereocenters. The maximum Gasteiger partial charge on any atom is 0.331 e. The molecule has 0 spiro atoms. The Labute approximate surface area is 159 Å². The Balaban J connectivity index is 1.55. The molecule has 2 aromatic carbocycles. The molecule has 0 aliphatic carbocycles. The second-order valence-corrected chi connectivity index (χ2v) is 7.00. The molecule has 3 rings (SSSR count). The number of carbonyl (C=O) groups is 2. The molecule has 27 heavy (non-hydrogen) atoms. The van der Waals surface area contributed by atoms with Crippen LogP contribution < -0.4 is 4.74 Å². The zero-order chi connectivity index (χ0) is 19.2. The number of carbonyl (C=O) groups excluding carboxylic acids is 2. The van der Waals surface area contributed by atoms with E-state index in [0.29, 0.717) is 5.92 Å². The number of rotatable bonds is 5. The summed E-state index contributed by atoms with van der Waals surface area (Å²) >= 11 is 0. The molecule has 5 nitrogen and oxygen atoms in total. The van der Waals surface area contributed by atoms with Gasteiger partial charge in [-0.1, -0.05) is 25.1 Å². The summed E-state index contributed by atoms with van der Waals surface area (Å²) in [7, 11) is 1.64. The minimum absolute atomic E-state index is 0.122. The van der Waals surface area contributed by atoms with Crippen LogP contribution in [0.2, 0.25) is 0 Å². The average Bonchev–Trinajstić information content (AvgIpc) is 2.69. The summed E-state index contributed by atoms with van der Waals surface area (Å²) in [5.74, 6) is 0.680. The number of nitrogens with zero attached hydrogens (tertiary/aromatic N) is 1. The molecule has 5 heteroatoms. The van der Waals surface area contributed by atoms with Gasteiger partial charge in [0, 0.05) is 19.2 Å². The van der Waals surface area contributed by atoms with Gasteiger partial charge in [0.15, 0.2) is 6.61 Å². The van der Waals surface area contributed by atoms with Gasteiger partial charge in [0.2, 0.25) is 0 Å². The molecule has 1 saturated heterocycles. The molecule has 2 aromatic rings. The van der Waals surface area contributed by atoms with Crippen LogP contribution in [-0.2, 0) is 14.3 Å². The van der Waals surface area contributed by atoms with E-state index in [-0.39, 0.29) is 12.5 Å². The van der Waals surface area contributed by atoms with E-state index >= 15 is 0 Å². The predicted molar refractivity (Wildman–Crippen MR) is 105 cm³/mol. The first-order valence-electron chi connectivity index (χ1n) is 9.25. The molecule has 0 radical (unpaired) electrons. The Morgan fingerprint density at radius 3 is 2.74 bits per heavy atom. The number of benzene rings is 2. The number of amides is 1. The first-order valence-corrected chi connectivity index (χ1v) is 9.25. The molecule has 1 aliphatic heterocycles. The number of hydrogen-bond acceptors (Lipinski definition) is 4. The number of piperidine rings is 1. The largest absolute Gasteiger partial charge is 0.497 e. The van der Waals surface area contributed by atoms with Gasteiger partial charge in [-0.05, 0) is 59.4 Å². The first kappa shape index (κ1) is 19.0. The van der Waals surface area contributed by atoms with Crippen molar-refractivity contribution in [3.8, 4) is 5.75 Å². The van der Waals surface area contributed by atoms with E-state index in [1.165, 1.54) is 6.08 Å². The van der Waals surface area contributed by atoms with Crippen LogP contribution in [0.5, 0.6) is 5.75 Å². The van der Waals surface area contributed by atoms with E-state index in [0.717, 1.165) is 48.0 Å². The topological polar surface area (TPSA) is 55.8 Å². The Morgan fingerprint density at radius 1 is 1.19 bits per heavy atom. The number of likely N-dealkylation sites (tertiary alicyclic amines) is 1. The summed E-state index contributed by atoms with van der Waals surface area (Å²) in [6, 6.07) is 11.7. The van der Waals surface area contributed by atoms with Gasteiger partial charge in [0.25, 0.3) is 5.91 Å². The van der Waals surface area contributed by atoms with E-state index in [9.17, 15) is 9.59 Å². The van der Waals surface area contributed by atoms with Crippen molar-refractivity contribution < 1.29 is 19.1 Å². The van der Waals surface area contributed by atoms with Crippen LogP contribution in [0, 0.1) is 5.92 Å². The van der Waals surface area contributed by atoms with Gasteiger partial charge in [-0.2, -0.15) is 0 Å². The van der Waals surface area contributed by atoms with Crippen molar-refractivity contribution in [1.29, 1.82) is 0 Å². The summed E-state index contributed by atoms with van der Waals surface area (Å²) in [4.78, 5) is 25.8. The van der Waals surface area contributed by atoms with Crippen LogP contribution in [0.1, 0.15) is 25.3 Å². The standard InChI is InChI=1S/C22H25NO4/c1-16-4-3-11-23(14-16)21(24)15-27-22(25)10-6-17-5-7-19-13-20(26-2)9-8-18(19)12-17/h5-10,12-13,16H,3-4,11,14-15H2,1-2H3/b10-6+/t16-/m0/s1. The van der Waals surface area contributed by atoms with Crippen molar-refractivity contribution in [3.63, 3.8) is 0 Å². The third-order valence-electron chi connectivity index (χ3n) is 4.83. The van der Waals surface area contributed by atoms with Gasteiger partial charge >= 0.3 is 5.97 Å². The molecular weight excluding hydrogens is 342 g/mol. The van der Waals surface area contributed by atoms with Crippen LogP contribution in [0.4, 0.5) is 0 Å². The van der Waals surface area contributed by atoms with E-state index in [1.54, 1.807) is 18.1 Å². The molecule has 0 bridgehead atoms. The van der Waals surface area contributed by atoms with Crippen LogP contribution in [0.25, 0.3) is 16.8 Å². The van der Waals surface area contributed by atoms with Crippen LogP contribution >= 0.6 is 0 Å². The van der Waals surface area contributed by atoms with Crippen molar-refractivity contribution in [2.24, 2.45) is 5.92 Å². The Morgan fingerprint density at radius 2 is 1.96 bits per heavy atom. The van der Waals surface area contributed by atoms with Crippen molar-refractivity contribution >= 4 is 28.7 Å². The minimum atomic E-state index is -0.511. The van der Waals surface area contributed by atoms with Gasteiger partial charge in [-0.25, -0.2) is 4.79 Å². The summed E-state index contributed by atoms with van der Waals surface area (Å²) in [6.45, 7) is 3.42. The first-order chi connectivity index (χ1) is 13.0. The summed E-state index contributed by atoms with van der Waals surface area (Å²) in [5, 5.41) is 2.12. The highest BCUT2D eigenvalue weighted by molar-refractivity contribution is 5.91. The predicted octanol–water partition coefficient (Wildman–Crippen LogP) is 3.66. The third kappa shape index (κ3) is 5.09. The molecular formula is C22H25NO4. The monoisotopic (exact) mass is 367 g/mol. The number of hydrogen-bond donors (Lipinski definition) is 0. The van der Waals surface area contributed by atoms with Gasteiger partial charge in [-0.3, -0.25) is 4.79 Å². The van der Waals surface area contributed by atoms with Gasteiger partial charge in [0.1, 0.15) is 5.75 Å². The quantitative estimate of drug-likeness (QED) is 0.598. The molecule has 1 fully saturated rings. The fourth-order valence-electron chi connectivity index (χ4n) is 3.33. The summed E-state index contributed by atoms with van der Waals surface area (Å²) < 4.78 is 10.3. The highest BCUT2D eigenvalue weighted by atomic mass is 16.5. The smallest absolute Gasteiger partial charge is 0.331 e. The zero-order valence-electron chi connectivity index (χ0n) is 15.8. The fraction of sp³-hybridized carbons (Fsp3) is 0.364. The maximum absolute atomic E-state index is 12.1. The Hall–Kier alpha value is -2.82. The van der Waals surface area contributed by atoms with E-state index < -0.39 is 5.97 Å². The fourth-order valence-corrected chi connectivity index (χ4v) is 3.33. The zero-order valence-corrected chi connectivity index (χ0v) is 15.8. The molecule has 1 heterocycles. The molecule has 0 aromatic heterocycles. The van der Waals surface area contributed by atoms with Gasteiger partial charge in [-0.15, -0.1) is 0 Å². The molecule has 1 amide bonds. The normalized spacial score (nSPS) is 17.3. The maximum atomic E-state index is 12.1. The van der Waals surface area contributed by atoms with Crippen molar-refractivity contribution in [2.75, 3.05) is 26.8 Å². The molecule has 1 aliphatic rings. The highest BCUT2D eigenvalue weighted by Crippen LogP contribution is 2.22. The number of esters is 1. The van der Waals surface area contributed by atoms with E-state index in [1.807, 2.05) is 36.4 Å². The molecule has 0 saturated carbocycles. The lowest BCUT2D eigenvalue weighted by atomic mass is 10.0. The van der Waals surface area contributed by atoms with Crippen LogP contribution in [-0.4, -0.2) is 43.6 Å². The molecule has 0 N–H and O–H groups in total. The lowest BCUT2D eigenvalue weighted by molar-refractivity contribution is -0.149.